The van der Waals surface area contributed by atoms with Gasteiger partial charge in [-0.05, 0) is 18.2 Å². The maximum absolute atomic E-state index is 12.7. The second kappa shape index (κ2) is 8.31. The van der Waals surface area contributed by atoms with Crippen LogP contribution in [-0.4, -0.2) is 54.3 Å². The molecule has 0 saturated heterocycles. The zero-order valence-electron chi connectivity index (χ0n) is 14.1. The van der Waals surface area contributed by atoms with Crippen LogP contribution in [-0.2, 0) is 20.6 Å². The Morgan fingerprint density at radius 3 is 2.59 bits per heavy atom. The molecule has 27 heavy (non-hydrogen) atoms. The third-order valence-electron chi connectivity index (χ3n) is 3.39. The zero-order valence-corrected chi connectivity index (χ0v) is 14.9. The van der Waals surface area contributed by atoms with Crippen molar-refractivity contribution in [2.24, 2.45) is 5.73 Å². The third-order valence-corrected chi connectivity index (χ3v) is 4.32. The molecule has 0 aliphatic carbocycles. The molecule has 0 radical (unpaired) electrons. The smallest absolute Gasteiger partial charge is 0.346 e. The number of alkyl halides is 3. The predicted octanol–water partition coefficient (Wildman–Crippen LogP) is 0.787. The first-order valence-corrected chi connectivity index (χ1v) is 8.40. The van der Waals surface area contributed by atoms with E-state index in [1.807, 2.05) is 0 Å². The van der Waals surface area contributed by atoms with Crippen molar-refractivity contribution in [1.82, 2.24) is 15.2 Å². The molecule has 4 N–H and O–H groups in total. The van der Waals surface area contributed by atoms with Crippen molar-refractivity contribution in [3.05, 3.63) is 23.8 Å². The van der Waals surface area contributed by atoms with E-state index in [2.05, 4.69) is 15.6 Å². The first kappa shape index (κ1) is 20.6. The number of rotatable bonds is 6. The summed E-state index contributed by atoms with van der Waals surface area (Å²) in [4.78, 5) is 39.9. The standard InChI is InChI=1S/C15H16F3N5O3S/c1-23(13(26)6-20-11(24)5-19)7-12(25)22-14-21-9-3-2-8(15(16,17)18)4-10(9)27-14/h2-4H,5-7,19H2,1H3,(H,20,24)(H,21,22,25). The maximum atomic E-state index is 12.7. The Morgan fingerprint density at radius 2 is 1.96 bits per heavy atom. The van der Waals surface area contributed by atoms with Crippen molar-refractivity contribution in [3.63, 3.8) is 0 Å². The number of carbonyl (C=O) groups excluding carboxylic acids is 3. The summed E-state index contributed by atoms with van der Waals surface area (Å²) >= 11 is 0.891. The highest BCUT2D eigenvalue weighted by atomic mass is 32.1. The number of hydrogen-bond donors (Lipinski definition) is 3. The van der Waals surface area contributed by atoms with E-state index in [1.54, 1.807) is 0 Å². The van der Waals surface area contributed by atoms with Gasteiger partial charge in [-0.25, -0.2) is 4.98 Å². The minimum absolute atomic E-state index is 0.117. The Balaban J connectivity index is 1.97. The molecule has 3 amide bonds. The average Bonchev–Trinajstić information content (AvgIpc) is 2.99. The molecular weight excluding hydrogens is 387 g/mol. The van der Waals surface area contributed by atoms with Crippen LogP contribution in [0.5, 0.6) is 0 Å². The predicted molar refractivity (Wildman–Crippen MR) is 93.0 cm³/mol. The molecule has 0 atom stereocenters. The van der Waals surface area contributed by atoms with Crippen molar-refractivity contribution < 1.29 is 27.6 Å². The lowest BCUT2D eigenvalue weighted by atomic mass is 10.2. The summed E-state index contributed by atoms with van der Waals surface area (Å²) < 4.78 is 38.5. The van der Waals surface area contributed by atoms with Gasteiger partial charge in [0.15, 0.2) is 5.13 Å². The number of nitrogens with zero attached hydrogens (tertiary/aromatic N) is 2. The van der Waals surface area contributed by atoms with E-state index >= 15 is 0 Å². The molecule has 2 aromatic rings. The molecule has 0 fully saturated rings. The van der Waals surface area contributed by atoms with Gasteiger partial charge in [0, 0.05) is 7.05 Å². The van der Waals surface area contributed by atoms with Gasteiger partial charge in [-0.2, -0.15) is 13.2 Å². The third kappa shape index (κ3) is 5.62. The van der Waals surface area contributed by atoms with Crippen molar-refractivity contribution in [3.8, 4) is 0 Å². The van der Waals surface area contributed by atoms with Crippen molar-refractivity contribution in [1.29, 1.82) is 0 Å². The van der Waals surface area contributed by atoms with Crippen LogP contribution in [0.15, 0.2) is 18.2 Å². The summed E-state index contributed by atoms with van der Waals surface area (Å²) in [5.41, 5.74) is 4.61. The van der Waals surface area contributed by atoms with Gasteiger partial charge < -0.3 is 21.3 Å². The second-order valence-corrected chi connectivity index (χ2v) is 6.51. The SMILES string of the molecule is CN(CC(=O)Nc1nc2ccc(C(F)(F)F)cc2s1)C(=O)CNC(=O)CN. The summed E-state index contributed by atoms with van der Waals surface area (Å²) in [5, 5.41) is 4.84. The number of carbonyl (C=O) groups is 3. The molecule has 0 aliphatic rings. The molecule has 1 aromatic heterocycles. The highest BCUT2D eigenvalue weighted by Crippen LogP contribution is 2.34. The molecule has 12 heteroatoms. The van der Waals surface area contributed by atoms with E-state index in [0.717, 1.165) is 28.4 Å². The number of halogens is 3. The number of nitrogens with two attached hydrogens (primary N) is 1. The molecule has 0 unspecified atom stereocenters. The maximum Gasteiger partial charge on any atom is 0.416 e. The van der Waals surface area contributed by atoms with Gasteiger partial charge in [-0.1, -0.05) is 11.3 Å². The monoisotopic (exact) mass is 403 g/mol. The van der Waals surface area contributed by atoms with Crippen LogP contribution in [0.4, 0.5) is 18.3 Å². The van der Waals surface area contributed by atoms with E-state index < -0.39 is 29.5 Å². The van der Waals surface area contributed by atoms with Crippen LogP contribution in [0.2, 0.25) is 0 Å². The Hall–Kier alpha value is -2.73. The van der Waals surface area contributed by atoms with E-state index in [9.17, 15) is 27.6 Å². The van der Waals surface area contributed by atoms with Crippen LogP contribution in [0, 0.1) is 0 Å². The fourth-order valence-electron chi connectivity index (χ4n) is 2.00. The average molecular weight is 403 g/mol. The highest BCUT2D eigenvalue weighted by molar-refractivity contribution is 7.22. The van der Waals surface area contributed by atoms with Crippen LogP contribution in [0.3, 0.4) is 0 Å². The fraction of sp³-hybridized carbons (Fsp3) is 0.333. The highest BCUT2D eigenvalue weighted by Gasteiger charge is 2.30. The molecule has 146 valence electrons. The van der Waals surface area contributed by atoms with E-state index in [-0.39, 0.29) is 29.5 Å². The quantitative estimate of drug-likeness (QED) is 0.659. The first-order chi connectivity index (χ1) is 12.6. The molecule has 1 aromatic carbocycles. The second-order valence-electron chi connectivity index (χ2n) is 5.48. The van der Waals surface area contributed by atoms with Crippen molar-refractivity contribution in [2.45, 2.75) is 6.18 Å². The molecule has 8 nitrogen and oxygen atoms in total. The van der Waals surface area contributed by atoms with Crippen LogP contribution < -0.4 is 16.4 Å². The van der Waals surface area contributed by atoms with Crippen LogP contribution >= 0.6 is 11.3 Å². The molecule has 2 rings (SSSR count). The van der Waals surface area contributed by atoms with Gasteiger partial charge in [0.25, 0.3) is 0 Å². The molecule has 0 bridgehead atoms. The number of amides is 3. The van der Waals surface area contributed by atoms with Crippen LogP contribution in [0.25, 0.3) is 10.2 Å². The molecular formula is C15H16F3N5O3S. The Morgan fingerprint density at radius 1 is 1.26 bits per heavy atom. The van der Waals surface area contributed by atoms with Gasteiger partial charge in [0.1, 0.15) is 0 Å². The number of thiazole rings is 1. The molecule has 1 heterocycles. The van der Waals surface area contributed by atoms with E-state index in [0.29, 0.717) is 5.52 Å². The Labute approximate surface area is 155 Å². The Bertz CT molecular complexity index is 868. The minimum atomic E-state index is -4.47. The van der Waals surface area contributed by atoms with Crippen LogP contribution in [0.1, 0.15) is 5.56 Å². The van der Waals surface area contributed by atoms with Gasteiger partial charge in [0.05, 0.1) is 35.4 Å². The number of benzene rings is 1. The minimum Gasteiger partial charge on any atom is -0.346 e. The molecule has 0 aliphatic heterocycles. The summed E-state index contributed by atoms with van der Waals surface area (Å²) in [7, 11) is 1.37. The molecule has 0 spiro atoms. The number of anilines is 1. The summed E-state index contributed by atoms with van der Waals surface area (Å²) in [5.74, 6) is -1.59. The van der Waals surface area contributed by atoms with Crippen molar-refractivity contribution in [2.75, 3.05) is 32.0 Å². The zero-order chi connectivity index (χ0) is 20.2. The van der Waals surface area contributed by atoms with Gasteiger partial charge in [-0.3, -0.25) is 14.4 Å². The van der Waals surface area contributed by atoms with Gasteiger partial charge >= 0.3 is 6.18 Å². The number of nitrogens with one attached hydrogen (secondary N) is 2. The topological polar surface area (TPSA) is 117 Å². The lowest BCUT2D eigenvalue weighted by Crippen LogP contribution is -2.42. The first-order valence-electron chi connectivity index (χ1n) is 7.58. The fourth-order valence-corrected chi connectivity index (χ4v) is 2.92. The number of likely N-dealkylation sites (N-methyl/N-ethyl adjacent to an activating group) is 1. The summed E-state index contributed by atoms with van der Waals surface area (Å²) in [6.45, 7) is -0.882. The largest absolute Gasteiger partial charge is 0.416 e. The normalized spacial score (nSPS) is 11.3. The van der Waals surface area contributed by atoms with Crippen molar-refractivity contribution >= 4 is 44.4 Å². The Kier molecular flexibility index (Phi) is 6.33. The lowest BCUT2D eigenvalue weighted by molar-refractivity contribution is -0.137. The summed E-state index contributed by atoms with van der Waals surface area (Å²) in [6, 6.07) is 3.09. The number of hydrogen-bond acceptors (Lipinski definition) is 6. The number of aromatic nitrogens is 1. The van der Waals surface area contributed by atoms with Gasteiger partial charge in [0.2, 0.25) is 17.7 Å². The number of fused-ring (bicyclic) bond motifs is 1. The lowest BCUT2D eigenvalue weighted by Gasteiger charge is -2.16. The van der Waals surface area contributed by atoms with Gasteiger partial charge in [-0.15, -0.1) is 0 Å². The van der Waals surface area contributed by atoms with E-state index in [1.165, 1.54) is 13.1 Å². The van der Waals surface area contributed by atoms with E-state index in [4.69, 9.17) is 5.73 Å². The molecule has 0 saturated carbocycles. The summed E-state index contributed by atoms with van der Waals surface area (Å²) in [6.07, 6.45) is -4.47.